The van der Waals surface area contributed by atoms with Crippen LogP contribution < -0.4 is 24.8 Å². The molecule has 9 nitrogen and oxygen atoms in total. The molecule has 2 aliphatic heterocycles. The van der Waals surface area contributed by atoms with Crippen LogP contribution in [0.15, 0.2) is 23.2 Å². The molecule has 1 aromatic carbocycles. The molecule has 1 unspecified atom stereocenters. The Balaban J connectivity index is 0.00000320. The molecular weight excluding hydrogens is 503 g/mol. The van der Waals surface area contributed by atoms with Crippen LogP contribution in [-0.4, -0.2) is 87.4 Å². The molecule has 0 radical (unpaired) electrons. The van der Waals surface area contributed by atoms with Gasteiger partial charge in [-0.2, -0.15) is 0 Å². The van der Waals surface area contributed by atoms with Crippen LogP contribution in [0.25, 0.3) is 0 Å². The molecule has 0 amide bonds. The van der Waals surface area contributed by atoms with Crippen molar-refractivity contribution >= 4 is 29.9 Å². The molecule has 30 heavy (non-hydrogen) atoms. The van der Waals surface area contributed by atoms with Gasteiger partial charge in [0.1, 0.15) is 12.4 Å². The van der Waals surface area contributed by atoms with Crippen LogP contribution in [0.1, 0.15) is 13.8 Å². The Morgan fingerprint density at radius 3 is 2.77 bits per heavy atom. The molecule has 3 N–H and O–H groups in total. The van der Waals surface area contributed by atoms with E-state index in [9.17, 15) is 5.11 Å². The molecule has 1 saturated heterocycles. The number of rotatable bonds is 9. The fourth-order valence-electron chi connectivity index (χ4n) is 3.19. The van der Waals surface area contributed by atoms with Gasteiger partial charge >= 0.3 is 0 Å². The lowest BCUT2D eigenvalue weighted by atomic mass is 10.1. The van der Waals surface area contributed by atoms with Crippen molar-refractivity contribution in [2.24, 2.45) is 4.99 Å². The van der Waals surface area contributed by atoms with E-state index < -0.39 is 5.60 Å². The largest absolute Gasteiger partial charge is 0.492 e. The topological polar surface area (TPSA) is 96.8 Å². The van der Waals surface area contributed by atoms with Crippen molar-refractivity contribution < 1.29 is 24.1 Å². The van der Waals surface area contributed by atoms with Gasteiger partial charge in [-0.25, -0.2) is 0 Å². The highest BCUT2D eigenvalue weighted by atomic mass is 127. The molecule has 3 rings (SSSR count). The maximum absolute atomic E-state index is 10.7. The lowest BCUT2D eigenvalue weighted by molar-refractivity contribution is -0.0179. The number of halogens is 1. The van der Waals surface area contributed by atoms with Crippen LogP contribution in [0.2, 0.25) is 0 Å². The van der Waals surface area contributed by atoms with Gasteiger partial charge in [0.25, 0.3) is 0 Å². The number of β-amino-alcohol motifs (C(OH)–C–C–N with tert-alkyl or cyclic N) is 1. The van der Waals surface area contributed by atoms with Gasteiger partial charge in [-0.15, -0.1) is 24.0 Å². The van der Waals surface area contributed by atoms with Gasteiger partial charge in [0.15, 0.2) is 17.5 Å². The minimum atomic E-state index is -0.900. The van der Waals surface area contributed by atoms with E-state index in [2.05, 4.69) is 20.5 Å². The van der Waals surface area contributed by atoms with Crippen LogP contribution >= 0.6 is 24.0 Å². The quantitative estimate of drug-likeness (QED) is 0.187. The first-order valence-corrected chi connectivity index (χ1v) is 10.1. The van der Waals surface area contributed by atoms with Crippen molar-refractivity contribution in [3.63, 3.8) is 0 Å². The van der Waals surface area contributed by atoms with E-state index in [-0.39, 0.29) is 30.8 Å². The number of aliphatic imine (C=N–C) groups is 1. The molecular formula is C20H33IN4O5. The first-order chi connectivity index (χ1) is 14.1. The van der Waals surface area contributed by atoms with Gasteiger partial charge in [-0.1, -0.05) is 0 Å². The van der Waals surface area contributed by atoms with Crippen LogP contribution in [0.4, 0.5) is 0 Å². The number of nitrogens with one attached hydrogen (secondary N) is 2. The highest BCUT2D eigenvalue weighted by Crippen LogP contribution is 2.34. The highest BCUT2D eigenvalue weighted by Gasteiger charge is 2.25. The molecule has 2 heterocycles. The van der Waals surface area contributed by atoms with Gasteiger partial charge in [-0.3, -0.25) is 9.89 Å². The average molecular weight is 536 g/mol. The molecule has 10 heteroatoms. The van der Waals surface area contributed by atoms with E-state index in [4.69, 9.17) is 18.9 Å². The summed E-state index contributed by atoms with van der Waals surface area (Å²) in [4.78, 5) is 6.74. The third-order valence-corrected chi connectivity index (χ3v) is 4.60. The number of fused-ring (bicyclic) bond motifs is 1. The summed E-state index contributed by atoms with van der Waals surface area (Å²) >= 11 is 0. The minimum absolute atomic E-state index is 0. The standard InChI is InChI=1S/C20H32N4O5.HI/c1-3-21-19(23-13-20(2,25)14-24-7-10-26-11-8-24)22-6-9-27-16-4-5-17-18(12-16)29-15-28-17;/h4-5,12,25H,3,6-11,13-15H2,1-2H3,(H2,21,22,23);1H. The zero-order valence-corrected chi connectivity index (χ0v) is 20.0. The molecule has 1 aromatic rings. The van der Waals surface area contributed by atoms with E-state index in [0.717, 1.165) is 31.1 Å². The minimum Gasteiger partial charge on any atom is -0.492 e. The number of hydrogen-bond donors (Lipinski definition) is 3. The lowest BCUT2D eigenvalue weighted by Gasteiger charge is -2.33. The maximum Gasteiger partial charge on any atom is 0.231 e. The number of guanidine groups is 1. The van der Waals surface area contributed by atoms with E-state index >= 15 is 0 Å². The van der Waals surface area contributed by atoms with Crippen molar-refractivity contribution in [2.45, 2.75) is 19.4 Å². The van der Waals surface area contributed by atoms with Crippen LogP contribution in [0.3, 0.4) is 0 Å². The number of ether oxygens (including phenoxy) is 4. The van der Waals surface area contributed by atoms with Gasteiger partial charge in [0, 0.05) is 32.2 Å². The zero-order chi connectivity index (χ0) is 20.5. The van der Waals surface area contributed by atoms with Crippen LogP contribution in [-0.2, 0) is 4.74 Å². The number of hydrogen-bond acceptors (Lipinski definition) is 7. The smallest absolute Gasteiger partial charge is 0.231 e. The Morgan fingerprint density at radius 2 is 2.00 bits per heavy atom. The Bertz CT molecular complexity index is 683. The monoisotopic (exact) mass is 536 g/mol. The summed E-state index contributed by atoms with van der Waals surface area (Å²) in [5.74, 6) is 2.82. The highest BCUT2D eigenvalue weighted by molar-refractivity contribution is 14.0. The van der Waals surface area contributed by atoms with E-state index in [1.54, 1.807) is 0 Å². The predicted octanol–water partition coefficient (Wildman–Crippen LogP) is 1.05. The molecule has 0 saturated carbocycles. The zero-order valence-electron chi connectivity index (χ0n) is 17.7. The summed E-state index contributed by atoms with van der Waals surface area (Å²) in [7, 11) is 0. The number of nitrogens with zero attached hydrogens (tertiary/aromatic N) is 2. The van der Waals surface area contributed by atoms with Crippen molar-refractivity contribution in [3.8, 4) is 17.2 Å². The summed E-state index contributed by atoms with van der Waals surface area (Å²) < 4.78 is 21.8. The maximum atomic E-state index is 10.7. The van der Waals surface area contributed by atoms with Crippen LogP contribution in [0, 0.1) is 0 Å². The van der Waals surface area contributed by atoms with Crippen molar-refractivity contribution in [3.05, 3.63) is 18.2 Å². The average Bonchev–Trinajstić information content (AvgIpc) is 3.17. The molecule has 0 bridgehead atoms. The van der Waals surface area contributed by atoms with Crippen molar-refractivity contribution in [1.29, 1.82) is 0 Å². The molecule has 0 aliphatic carbocycles. The van der Waals surface area contributed by atoms with Gasteiger partial charge in [0.05, 0.1) is 31.9 Å². The normalized spacial score (nSPS) is 18.3. The summed E-state index contributed by atoms with van der Waals surface area (Å²) in [6.45, 7) is 9.85. The molecule has 2 aliphatic rings. The summed E-state index contributed by atoms with van der Waals surface area (Å²) in [5, 5.41) is 17.1. The molecule has 1 atom stereocenters. The molecule has 0 spiro atoms. The second kappa shape index (κ2) is 12.4. The summed E-state index contributed by atoms with van der Waals surface area (Å²) in [6.07, 6.45) is 0. The van der Waals surface area contributed by atoms with E-state index in [1.807, 2.05) is 32.0 Å². The van der Waals surface area contributed by atoms with Crippen LogP contribution in [0.5, 0.6) is 17.2 Å². The third-order valence-electron chi connectivity index (χ3n) is 4.60. The third kappa shape index (κ3) is 7.97. The van der Waals surface area contributed by atoms with Gasteiger partial charge < -0.3 is 34.7 Å². The summed E-state index contributed by atoms with van der Waals surface area (Å²) in [6, 6.07) is 5.52. The van der Waals surface area contributed by atoms with Gasteiger partial charge in [0.2, 0.25) is 6.79 Å². The fraction of sp³-hybridized carbons (Fsp3) is 0.650. The second-order valence-electron chi connectivity index (χ2n) is 7.37. The van der Waals surface area contributed by atoms with E-state index in [1.165, 1.54) is 0 Å². The number of benzene rings is 1. The van der Waals surface area contributed by atoms with E-state index in [0.29, 0.717) is 51.2 Å². The SMILES string of the molecule is CCNC(=NCC(C)(O)CN1CCOCC1)NCCOc1ccc2c(c1)OCO2.I. The molecule has 1 fully saturated rings. The summed E-state index contributed by atoms with van der Waals surface area (Å²) in [5.41, 5.74) is -0.900. The first-order valence-electron chi connectivity index (χ1n) is 10.1. The number of morpholine rings is 1. The Labute approximate surface area is 195 Å². The Hall–Kier alpha value is -1.50. The van der Waals surface area contributed by atoms with Crippen molar-refractivity contribution in [2.75, 3.05) is 65.9 Å². The first kappa shape index (κ1) is 24.8. The predicted molar refractivity (Wildman–Crippen MR) is 125 cm³/mol. The lowest BCUT2D eigenvalue weighted by Crippen LogP contribution is -2.48. The second-order valence-corrected chi connectivity index (χ2v) is 7.37. The molecule has 170 valence electrons. The Morgan fingerprint density at radius 1 is 1.23 bits per heavy atom. The molecule has 0 aromatic heterocycles. The fourth-order valence-corrected chi connectivity index (χ4v) is 3.19. The van der Waals surface area contributed by atoms with Gasteiger partial charge in [-0.05, 0) is 26.0 Å². The van der Waals surface area contributed by atoms with Crippen molar-refractivity contribution in [1.82, 2.24) is 15.5 Å². The Kier molecular flexibility index (Phi) is 10.2. The number of aliphatic hydroxyl groups is 1.